The Morgan fingerprint density at radius 3 is 2.31 bits per heavy atom. The second-order valence-electron chi connectivity index (χ2n) is 6.62. The van der Waals surface area contributed by atoms with E-state index in [1.54, 1.807) is 30.3 Å². The van der Waals surface area contributed by atoms with Crippen molar-refractivity contribution >= 4 is 11.8 Å². The number of esters is 1. The number of para-hydroxylation sites is 1. The third-order valence-corrected chi connectivity index (χ3v) is 4.59. The van der Waals surface area contributed by atoms with Gasteiger partial charge in [-0.15, -0.1) is 6.58 Å². The molecule has 0 saturated carbocycles. The molecule has 29 heavy (non-hydrogen) atoms. The number of nitrogens with zero attached hydrogens (tertiary/aromatic N) is 1. The van der Waals surface area contributed by atoms with Gasteiger partial charge in [-0.2, -0.15) is 0 Å². The molecule has 3 aromatic rings. The molecule has 0 aliphatic carbocycles. The van der Waals surface area contributed by atoms with Gasteiger partial charge in [0.25, 0.3) is 0 Å². The maximum Gasteiger partial charge on any atom is 0.338 e. The number of aromatic nitrogens is 1. The predicted molar refractivity (Wildman–Crippen MR) is 112 cm³/mol. The highest BCUT2D eigenvalue weighted by Crippen LogP contribution is 2.21. The Kier molecular flexibility index (Phi) is 6.29. The lowest BCUT2D eigenvalue weighted by Gasteiger charge is -2.08. The molecule has 1 heterocycles. The van der Waals surface area contributed by atoms with Crippen LogP contribution in [0.4, 0.5) is 0 Å². The molecular formula is C24H23NO4. The van der Waals surface area contributed by atoms with Crippen molar-refractivity contribution in [2.24, 2.45) is 0 Å². The minimum Gasteiger partial charge on any atom is -0.457 e. The van der Waals surface area contributed by atoms with E-state index in [-0.39, 0.29) is 12.4 Å². The standard InChI is InChI=1S/C24H23NO4/c1-4-14-25-17(2)15-22(18(25)3)23(26)16-28-24(27)19-10-12-21(13-11-19)29-20-8-6-5-7-9-20/h4-13,15H,1,14,16H2,2-3H3. The Bertz CT molecular complexity index is 1020. The summed E-state index contributed by atoms with van der Waals surface area (Å²) in [6, 6.07) is 17.8. The molecule has 2 aromatic carbocycles. The largest absolute Gasteiger partial charge is 0.457 e. The fraction of sp³-hybridized carbons (Fsp3) is 0.167. The number of aryl methyl sites for hydroxylation is 1. The average molecular weight is 389 g/mol. The molecule has 3 rings (SSSR count). The fourth-order valence-electron chi connectivity index (χ4n) is 3.07. The van der Waals surface area contributed by atoms with Gasteiger partial charge in [-0.25, -0.2) is 4.79 Å². The molecule has 0 atom stereocenters. The van der Waals surface area contributed by atoms with Crippen LogP contribution >= 0.6 is 0 Å². The van der Waals surface area contributed by atoms with Crippen LogP contribution in [0.5, 0.6) is 11.5 Å². The summed E-state index contributed by atoms with van der Waals surface area (Å²) in [5.41, 5.74) is 2.72. The average Bonchev–Trinajstić information content (AvgIpc) is 3.02. The molecule has 0 spiro atoms. The Morgan fingerprint density at radius 2 is 1.66 bits per heavy atom. The number of allylic oxidation sites excluding steroid dienone is 1. The summed E-state index contributed by atoms with van der Waals surface area (Å²) in [7, 11) is 0. The molecule has 0 unspecified atom stereocenters. The van der Waals surface area contributed by atoms with Gasteiger partial charge in [0.05, 0.1) is 5.56 Å². The summed E-state index contributed by atoms with van der Waals surface area (Å²) in [5.74, 6) is 0.538. The summed E-state index contributed by atoms with van der Waals surface area (Å²) in [5, 5.41) is 0. The summed E-state index contributed by atoms with van der Waals surface area (Å²) < 4.78 is 12.9. The lowest BCUT2D eigenvalue weighted by atomic mass is 10.1. The van der Waals surface area contributed by atoms with Gasteiger partial charge in [0.1, 0.15) is 11.5 Å². The van der Waals surface area contributed by atoms with Crippen LogP contribution in [0.15, 0.2) is 73.3 Å². The van der Waals surface area contributed by atoms with Crippen LogP contribution in [0.3, 0.4) is 0 Å². The first-order chi connectivity index (χ1) is 14.0. The highest BCUT2D eigenvalue weighted by atomic mass is 16.5. The SMILES string of the molecule is C=CCn1c(C)cc(C(=O)COC(=O)c2ccc(Oc3ccccc3)cc2)c1C. The van der Waals surface area contributed by atoms with E-state index in [1.165, 1.54) is 0 Å². The first-order valence-electron chi connectivity index (χ1n) is 9.30. The quantitative estimate of drug-likeness (QED) is 0.305. The number of benzene rings is 2. The van der Waals surface area contributed by atoms with Crippen molar-refractivity contribution in [2.45, 2.75) is 20.4 Å². The van der Waals surface area contributed by atoms with Crippen molar-refractivity contribution in [3.63, 3.8) is 0 Å². The highest BCUT2D eigenvalue weighted by molar-refractivity contribution is 6.00. The van der Waals surface area contributed by atoms with Crippen LogP contribution in [0.2, 0.25) is 0 Å². The molecule has 0 saturated heterocycles. The van der Waals surface area contributed by atoms with Gasteiger partial charge in [-0.05, 0) is 56.3 Å². The Morgan fingerprint density at radius 1 is 1.00 bits per heavy atom. The van der Waals surface area contributed by atoms with Crippen LogP contribution in [-0.4, -0.2) is 22.9 Å². The highest BCUT2D eigenvalue weighted by Gasteiger charge is 2.17. The molecule has 0 aliphatic rings. The first kappa shape index (κ1) is 20.1. The van der Waals surface area contributed by atoms with Crippen LogP contribution in [0.1, 0.15) is 32.1 Å². The molecule has 5 nitrogen and oxygen atoms in total. The molecule has 0 amide bonds. The van der Waals surface area contributed by atoms with Gasteiger partial charge in [0, 0.05) is 23.5 Å². The van der Waals surface area contributed by atoms with Crippen LogP contribution in [0.25, 0.3) is 0 Å². The molecule has 0 bridgehead atoms. The van der Waals surface area contributed by atoms with E-state index in [4.69, 9.17) is 9.47 Å². The minimum atomic E-state index is -0.551. The number of hydrogen-bond donors (Lipinski definition) is 0. The molecular weight excluding hydrogens is 366 g/mol. The molecule has 1 aromatic heterocycles. The molecule has 0 aliphatic heterocycles. The molecule has 0 N–H and O–H groups in total. The van der Waals surface area contributed by atoms with Crippen molar-refractivity contribution in [1.82, 2.24) is 4.57 Å². The Hall–Kier alpha value is -3.60. The van der Waals surface area contributed by atoms with Crippen molar-refractivity contribution in [3.05, 3.63) is 95.8 Å². The van der Waals surface area contributed by atoms with Gasteiger partial charge < -0.3 is 14.0 Å². The van der Waals surface area contributed by atoms with E-state index in [1.807, 2.05) is 54.8 Å². The predicted octanol–water partition coefficient (Wildman–Crippen LogP) is 5.12. The zero-order chi connectivity index (χ0) is 20.8. The number of ketones is 1. The monoisotopic (exact) mass is 389 g/mol. The zero-order valence-electron chi connectivity index (χ0n) is 16.6. The summed E-state index contributed by atoms with van der Waals surface area (Å²) >= 11 is 0. The summed E-state index contributed by atoms with van der Waals surface area (Å²) in [4.78, 5) is 24.8. The van der Waals surface area contributed by atoms with E-state index in [0.29, 0.717) is 29.2 Å². The zero-order valence-corrected chi connectivity index (χ0v) is 16.6. The van der Waals surface area contributed by atoms with Crippen LogP contribution in [0, 0.1) is 13.8 Å². The number of Topliss-reactive ketones (excluding diaryl/α,β-unsaturated/α-hetero) is 1. The molecule has 0 radical (unpaired) electrons. The lowest BCUT2D eigenvalue weighted by molar-refractivity contribution is 0.0474. The van der Waals surface area contributed by atoms with Crippen molar-refractivity contribution in [2.75, 3.05) is 6.61 Å². The van der Waals surface area contributed by atoms with Gasteiger partial charge >= 0.3 is 5.97 Å². The Labute approximate surface area is 170 Å². The van der Waals surface area contributed by atoms with E-state index in [2.05, 4.69) is 6.58 Å². The summed E-state index contributed by atoms with van der Waals surface area (Å²) in [6.07, 6.45) is 1.78. The molecule has 5 heteroatoms. The maximum atomic E-state index is 12.5. The minimum absolute atomic E-state index is 0.231. The first-order valence-corrected chi connectivity index (χ1v) is 9.30. The van der Waals surface area contributed by atoms with Gasteiger partial charge in [-0.1, -0.05) is 24.3 Å². The molecule has 0 fully saturated rings. The van der Waals surface area contributed by atoms with E-state index in [0.717, 1.165) is 11.4 Å². The van der Waals surface area contributed by atoms with Crippen molar-refractivity contribution in [3.8, 4) is 11.5 Å². The fourth-order valence-corrected chi connectivity index (χ4v) is 3.07. The normalized spacial score (nSPS) is 10.4. The van der Waals surface area contributed by atoms with E-state index >= 15 is 0 Å². The number of hydrogen-bond acceptors (Lipinski definition) is 4. The second-order valence-corrected chi connectivity index (χ2v) is 6.62. The summed E-state index contributed by atoms with van der Waals surface area (Å²) in [6.45, 7) is 7.85. The number of carbonyl (C=O) groups excluding carboxylic acids is 2. The lowest BCUT2D eigenvalue weighted by Crippen LogP contribution is -2.15. The molecule has 148 valence electrons. The number of ether oxygens (including phenoxy) is 2. The van der Waals surface area contributed by atoms with E-state index < -0.39 is 5.97 Å². The van der Waals surface area contributed by atoms with Gasteiger partial charge in [0.15, 0.2) is 6.61 Å². The van der Waals surface area contributed by atoms with Crippen molar-refractivity contribution in [1.29, 1.82) is 0 Å². The second kappa shape index (κ2) is 9.06. The smallest absolute Gasteiger partial charge is 0.338 e. The van der Waals surface area contributed by atoms with Gasteiger partial charge in [0.2, 0.25) is 5.78 Å². The third-order valence-electron chi connectivity index (χ3n) is 4.59. The third kappa shape index (κ3) is 4.82. The number of rotatable bonds is 8. The maximum absolute atomic E-state index is 12.5. The van der Waals surface area contributed by atoms with E-state index in [9.17, 15) is 9.59 Å². The van der Waals surface area contributed by atoms with Crippen molar-refractivity contribution < 1.29 is 19.1 Å². The van der Waals surface area contributed by atoms with Crippen LogP contribution < -0.4 is 4.74 Å². The van der Waals surface area contributed by atoms with Crippen LogP contribution in [-0.2, 0) is 11.3 Å². The topological polar surface area (TPSA) is 57.5 Å². The number of carbonyl (C=O) groups is 2. The van der Waals surface area contributed by atoms with Gasteiger partial charge in [-0.3, -0.25) is 4.79 Å². The Balaban J connectivity index is 1.60.